The molecular formula is C20H20FN3O3. The van der Waals surface area contributed by atoms with Gasteiger partial charge < -0.3 is 10.1 Å². The van der Waals surface area contributed by atoms with Gasteiger partial charge in [-0.1, -0.05) is 0 Å². The Hall–Kier alpha value is -3.22. The number of carbonyl (C=O) groups excluding carboxylic acids is 2. The molecule has 0 saturated heterocycles. The highest BCUT2D eigenvalue weighted by Crippen LogP contribution is 2.29. The van der Waals surface area contributed by atoms with Gasteiger partial charge in [0.2, 0.25) is 5.91 Å². The van der Waals surface area contributed by atoms with Crippen LogP contribution in [0.2, 0.25) is 0 Å². The highest BCUT2D eigenvalue weighted by atomic mass is 19.1. The summed E-state index contributed by atoms with van der Waals surface area (Å²) in [5.74, 6) is -0.613. The fourth-order valence-corrected chi connectivity index (χ4v) is 2.72. The summed E-state index contributed by atoms with van der Waals surface area (Å²) >= 11 is 0. The Balaban J connectivity index is 1.92. The predicted octanol–water partition coefficient (Wildman–Crippen LogP) is 3.73. The van der Waals surface area contributed by atoms with Crippen molar-refractivity contribution >= 4 is 23.3 Å². The van der Waals surface area contributed by atoms with Crippen LogP contribution >= 0.6 is 0 Å². The number of benzene rings is 1. The van der Waals surface area contributed by atoms with Crippen LogP contribution in [0.5, 0.6) is 0 Å². The standard InChI is InChI=1S/C20H20FN3O3/c1-3-27-18(26)9-8-17(25)23-20-19(14-4-6-15(21)7-5-14)22-16-12-13(2)10-11-24(16)20/h4-7,10-12H,3,8-9H2,1-2H3,(H,23,25). The summed E-state index contributed by atoms with van der Waals surface area (Å²) < 4.78 is 19.9. The Morgan fingerprint density at radius 3 is 2.63 bits per heavy atom. The number of carbonyl (C=O) groups is 2. The number of ether oxygens (including phenoxy) is 1. The SMILES string of the molecule is CCOC(=O)CCC(=O)Nc1c(-c2ccc(F)cc2)nc2cc(C)ccn12. The first-order valence-electron chi connectivity index (χ1n) is 8.68. The molecule has 0 atom stereocenters. The van der Waals surface area contributed by atoms with Gasteiger partial charge in [0.15, 0.2) is 0 Å². The van der Waals surface area contributed by atoms with Crippen LogP contribution in [0.15, 0.2) is 42.6 Å². The van der Waals surface area contributed by atoms with E-state index in [1.807, 2.05) is 25.3 Å². The number of nitrogens with zero attached hydrogens (tertiary/aromatic N) is 2. The molecule has 3 aromatic rings. The number of aromatic nitrogens is 2. The molecule has 0 aliphatic carbocycles. The van der Waals surface area contributed by atoms with E-state index in [4.69, 9.17) is 4.74 Å². The van der Waals surface area contributed by atoms with E-state index >= 15 is 0 Å². The fraction of sp³-hybridized carbons (Fsp3) is 0.250. The van der Waals surface area contributed by atoms with E-state index in [0.717, 1.165) is 5.56 Å². The molecule has 0 aliphatic heterocycles. The van der Waals surface area contributed by atoms with Gasteiger partial charge >= 0.3 is 5.97 Å². The lowest BCUT2D eigenvalue weighted by Crippen LogP contribution is -2.16. The first-order valence-corrected chi connectivity index (χ1v) is 8.68. The molecule has 0 radical (unpaired) electrons. The van der Waals surface area contributed by atoms with Crippen molar-refractivity contribution in [1.29, 1.82) is 0 Å². The Kier molecular flexibility index (Phi) is 5.49. The number of hydrogen-bond donors (Lipinski definition) is 1. The number of pyridine rings is 1. The normalized spacial score (nSPS) is 10.8. The maximum Gasteiger partial charge on any atom is 0.306 e. The van der Waals surface area contributed by atoms with Crippen molar-refractivity contribution in [3.05, 3.63) is 54.0 Å². The molecule has 0 saturated carbocycles. The van der Waals surface area contributed by atoms with Gasteiger partial charge in [-0.3, -0.25) is 14.0 Å². The van der Waals surface area contributed by atoms with E-state index in [-0.39, 0.29) is 31.2 Å². The molecule has 1 amide bonds. The lowest BCUT2D eigenvalue weighted by molar-refractivity contribution is -0.144. The number of aryl methyl sites for hydroxylation is 1. The van der Waals surface area contributed by atoms with Gasteiger partial charge in [-0.05, 0) is 55.8 Å². The average Bonchev–Trinajstić information content (AvgIpc) is 2.98. The van der Waals surface area contributed by atoms with E-state index < -0.39 is 5.97 Å². The van der Waals surface area contributed by atoms with Crippen LogP contribution in [0.1, 0.15) is 25.3 Å². The van der Waals surface area contributed by atoms with Crippen molar-refractivity contribution in [3.63, 3.8) is 0 Å². The van der Waals surface area contributed by atoms with Gasteiger partial charge in [0.1, 0.15) is 23.0 Å². The number of nitrogens with one attached hydrogen (secondary N) is 1. The van der Waals surface area contributed by atoms with Gasteiger partial charge in [-0.25, -0.2) is 9.37 Å². The minimum absolute atomic E-state index is 0.000780. The monoisotopic (exact) mass is 369 g/mol. The summed E-state index contributed by atoms with van der Waals surface area (Å²) in [6, 6.07) is 9.70. The molecule has 0 spiro atoms. The van der Waals surface area contributed by atoms with Crippen molar-refractivity contribution in [2.24, 2.45) is 0 Å². The average molecular weight is 369 g/mol. The van der Waals surface area contributed by atoms with Crippen LogP contribution in [0.4, 0.5) is 10.2 Å². The predicted molar refractivity (Wildman–Crippen MR) is 99.8 cm³/mol. The van der Waals surface area contributed by atoms with Gasteiger partial charge in [0, 0.05) is 18.2 Å². The highest BCUT2D eigenvalue weighted by molar-refractivity contribution is 5.95. The third-order valence-electron chi connectivity index (χ3n) is 4.02. The second-order valence-electron chi connectivity index (χ2n) is 6.10. The number of hydrogen-bond acceptors (Lipinski definition) is 4. The Morgan fingerprint density at radius 1 is 1.19 bits per heavy atom. The van der Waals surface area contributed by atoms with Crippen molar-refractivity contribution in [2.45, 2.75) is 26.7 Å². The van der Waals surface area contributed by atoms with Gasteiger partial charge in [0.05, 0.1) is 13.0 Å². The quantitative estimate of drug-likeness (QED) is 0.672. The number of fused-ring (bicyclic) bond motifs is 1. The van der Waals surface area contributed by atoms with Crippen molar-refractivity contribution in [1.82, 2.24) is 9.38 Å². The summed E-state index contributed by atoms with van der Waals surface area (Å²) in [6.45, 7) is 3.94. The molecule has 1 aromatic carbocycles. The van der Waals surface area contributed by atoms with E-state index in [2.05, 4.69) is 10.3 Å². The van der Waals surface area contributed by atoms with Crippen LogP contribution in [-0.2, 0) is 14.3 Å². The summed E-state index contributed by atoms with van der Waals surface area (Å²) in [7, 11) is 0. The third-order valence-corrected chi connectivity index (χ3v) is 4.02. The zero-order valence-corrected chi connectivity index (χ0v) is 15.2. The lowest BCUT2D eigenvalue weighted by Gasteiger charge is -2.08. The van der Waals surface area contributed by atoms with Gasteiger partial charge in [-0.15, -0.1) is 0 Å². The number of rotatable bonds is 6. The molecule has 140 valence electrons. The number of anilines is 1. The number of esters is 1. The molecule has 27 heavy (non-hydrogen) atoms. The van der Waals surface area contributed by atoms with Crippen LogP contribution in [0.25, 0.3) is 16.9 Å². The van der Waals surface area contributed by atoms with E-state index in [0.29, 0.717) is 22.7 Å². The topological polar surface area (TPSA) is 72.7 Å². The zero-order valence-electron chi connectivity index (χ0n) is 15.2. The maximum atomic E-state index is 13.3. The van der Waals surface area contributed by atoms with Gasteiger partial charge in [0.25, 0.3) is 0 Å². The number of imidazole rings is 1. The molecule has 2 heterocycles. The van der Waals surface area contributed by atoms with Crippen LogP contribution in [-0.4, -0.2) is 27.9 Å². The fourth-order valence-electron chi connectivity index (χ4n) is 2.72. The van der Waals surface area contributed by atoms with E-state index in [1.165, 1.54) is 12.1 Å². The summed E-state index contributed by atoms with van der Waals surface area (Å²) in [5.41, 5.74) is 2.90. The first-order chi connectivity index (χ1) is 13.0. The molecule has 0 aliphatic rings. The molecule has 0 unspecified atom stereocenters. The van der Waals surface area contributed by atoms with Crippen molar-refractivity contribution < 1.29 is 18.7 Å². The van der Waals surface area contributed by atoms with Crippen molar-refractivity contribution in [2.75, 3.05) is 11.9 Å². The molecule has 0 bridgehead atoms. The molecular weight excluding hydrogens is 349 g/mol. The van der Waals surface area contributed by atoms with Crippen LogP contribution < -0.4 is 5.32 Å². The minimum atomic E-state index is -0.417. The molecule has 0 fully saturated rings. The second-order valence-corrected chi connectivity index (χ2v) is 6.10. The van der Waals surface area contributed by atoms with Crippen molar-refractivity contribution in [3.8, 4) is 11.3 Å². The van der Waals surface area contributed by atoms with Crippen LogP contribution in [0, 0.1) is 12.7 Å². The zero-order chi connectivity index (χ0) is 19.4. The first kappa shape index (κ1) is 18.6. The second kappa shape index (κ2) is 7.99. The summed E-state index contributed by atoms with van der Waals surface area (Å²) in [6.07, 6.45) is 1.81. The molecule has 1 N–H and O–H groups in total. The summed E-state index contributed by atoms with van der Waals surface area (Å²) in [4.78, 5) is 28.4. The minimum Gasteiger partial charge on any atom is -0.466 e. The molecule has 7 heteroatoms. The van der Waals surface area contributed by atoms with Crippen LogP contribution in [0.3, 0.4) is 0 Å². The maximum absolute atomic E-state index is 13.3. The third kappa shape index (κ3) is 4.31. The van der Waals surface area contributed by atoms with Gasteiger partial charge in [-0.2, -0.15) is 0 Å². The Morgan fingerprint density at radius 2 is 1.93 bits per heavy atom. The molecule has 6 nitrogen and oxygen atoms in total. The summed E-state index contributed by atoms with van der Waals surface area (Å²) in [5, 5.41) is 2.82. The lowest BCUT2D eigenvalue weighted by atomic mass is 10.1. The van der Waals surface area contributed by atoms with E-state index in [1.54, 1.807) is 23.5 Å². The molecule has 2 aromatic heterocycles. The molecule has 3 rings (SSSR count). The number of halogens is 1. The largest absolute Gasteiger partial charge is 0.466 e. The Labute approximate surface area is 156 Å². The smallest absolute Gasteiger partial charge is 0.306 e. The number of amides is 1. The van der Waals surface area contributed by atoms with E-state index in [9.17, 15) is 14.0 Å². The Bertz CT molecular complexity index is 980. The highest BCUT2D eigenvalue weighted by Gasteiger charge is 2.17.